The summed E-state index contributed by atoms with van der Waals surface area (Å²) in [4.78, 5) is 0. The van der Waals surface area contributed by atoms with Crippen molar-refractivity contribution in [1.29, 1.82) is 0 Å². The van der Waals surface area contributed by atoms with E-state index in [9.17, 15) is 0 Å². The Hall–Kier alpha value is -0.0931. The number of rotatable bonds is 7. The molecule has 0 heterocycles. The minimum Gasteiger partial charge on any atom is -0.399 e. The van der Waals surface area contributed by atoms with E-state index in [2.05, 4.69) is 6.58 Å². The average molecular weight is 235 g/mol. The Bertz CT molecular complexity index is 187. The molecule has 0 aliphatic rings. The molecule has 1 N–H and O–H groups in total. The number of aliphatic hydroxyl groups excluding tert-OH is 1. The van der Waals surface area contributed by atoms with Crippen LogP contribution in [-0.4, -0.2) is 25.9 Å². The first-order valence-electron chi connectivity index (χ1n) is 4.71. The van der Waals surface area contributed by atoms with Gasteiger partial charge in [0.1, 0.15) is 0 Å². The van der Waals surface area contributed by atoms with Gasteiger partial charge in [-0.25, -0.2) is 0 Å². The largest absolute Gasteiger partial charge is 0.399 e. The number of aliphatic hydroxyl groups is 1. The highest BCUT2D eigenvalue weighted by Gasteiger charge is 2.16. The summed E-state index contributed by atoms with van der Waals surface area (Å²) in [5.74, 6) is 0.146. The molecule has 0 aliphatic carbocycles. The maximum Gasteiger partial charge on any atom is 0.284 e. The molecule has 0 rings (SSSR count). The Balaban J connectivity index is 3.59. The molecule has 1 unspecified atom stereocenters. The van der Waals surface area contributed by atoms with Gasteiger partial charge in [-0.1, -0.05) is 18.2 Å². The normalized spacial score (nSPS) is 14.6. The number of halogens is 1. The van der Waals surface area contributed by atoms with Crippen LogP contribution in [0.4, 0.5) is 0 Å². The highest BCUT2D eigenvalue weighted by atomic mass is 35.6. The minimum atomic E-state index is -1.90. The molecule has 0 bridgehead atoms. The van der Waals surface area contributed by atoms with Crippen LogP contribution in [0.2, 0.25) is 13.1 Å². The summed E-state index contributed by atoms with van der Waals surface area (Å²) in [7, 11) is -1.90. The fourth-order valence-electron chi connectivity index (χ4n) is 0.831. The van der Waals surface area contributed by atoms with Crippen LogP contribution in [0.5, 0.6) is 0 Å². The smallest absolute Gasteiger partial charge is 0.284 e. The number of hydrogen-bond acceptors (Lipinski definition) is 2. The van der Waals surface area contributed by atoms with Crippen LogP contribution in [0.15, 0.2) is 24.8 Å². The third-order valence-corrected chi connectivity index (χ3v) is 2.88. The Morgan fingerprint density at radius 3 is 2.57 bits per heavy atom. The van der Waals surface area contributed by atoms with Crippen LogP contribution in [-0.2, 0) is 4.43 Å². The molecule has 1 atom stereocenters. The molecule has 0 radical (unpaired) electrons. The van der Waals surface area contributed by atoms with Crippen molar-refractivity contribution in [3.63, 3.8) is 0 Å². The fraction of sp³-hybridized carbons (Fsp3) is 0.600. The van der Waals surface area contributed by atoms with Crippen LogP contribution < -0.4 is 0 Å². The first-order chi connectivity index (χ1) is 6.49. The molecule has 82 valence electrons. The highest BCUT2D eigenvalue weighted by molar-refractivity contribution is 7.15. The Morgan fingerprint density at radius 1 is 1.50 bits per heavy atom. The lowest BCUT2D eigenvalue weighted by molar-refractivity contribution is 0.253. The quantitative estimate of drug-likeness (QED) is 0.417. The van der Waals surface area contributed by atoms with Gasteiger partial charge < -0.3 is 9.53 Å². The van der Waals surface area contributed by atoms with Crippen LogP contribution in [0.1, 0.15) is 6.42 Å². The zero-order chi connectivity index (χ0) is 11.0. The lowest BCUT2D eigenvalue weighted by atomic mass is 10.1. The topological polar surface area (TPSA) is 29.5 Å². The van der Waals surface area contributed by atoms with E-state index in [0.717, 1.165) is 6.42 Å². The molecular weight excluding hydrogens is 216 g/mol. The van der Waals surface area contributed by atoms with E-state index in [1.165, 1.54) is 0 Å². The second kappa shape index (κ2) is 7.23. The molecular formula is C10H19ClO2Si. The van der Waals surface area contributed by atoms with E-state index >= 15 is 0 Å². The van der Waals surface area contributed by atoms with E-state index in [4.69, 9.17) is 20.6 Å². The molecule has 0 spiro atoms. The second-order valence-corrected chi connectivity index (χ2v) is 9.31. The average Bonchev–Trinajstić information content (AvgIpc) is 2.09. The zero-order valence-corrected chi connectivity index (χ0v) is 10.6. The molecule has 0 saturated heterocycles. The van der Waals surface area contributed by atoms with Crippen molar-refractivity contribution in [1.82, 2.24) is 0 Å². The molecule has 0 aliphatic heterocycles. The van der Waals surface area contributed by atoms with Crippen molar-refractivity contribution in [3.8, 4) is 0 Å². The molecule has 0 aromatic heterocycles. The maximum atomic E-state index is 8.86. The molecule has 0 fully saturated rings. The molecule has 0 aromatic carbocycles. The maximum absolute atomic E-state index is 8.86. The van der Waals surface area contributed by atoms with Crippen molar-refractivity contribution < 1.29 is 9.53 Å². The summed E-state index contributed by atoms with van der Waals surface area (Å²) in [5.41, 5.74) is 0. The Morgan fingerprint density at radius 2 is 2.14 bits per heavy atom. The van der Waals surface area contributed by atoms with E-state index < -0.39 is 7.63 Å². The SMILES string of the molecule is C=CC(CO)C/C=C/CO[Si](C)(C)Cl. The van der Waals surface area contributed by atoms with Gasteiger partial charge in [0, 0.05) is 12.5 Å². The third kappa shape index (κ3) is 8.50. The molecule has 2 nitrogen and oxygen atoms in total. The van der Waals surface area contributed by atoms with E-state index in [1.54, 1.807) is 6.08 Å². The molecule has 0 saturated carbocycles. The summed E-state index contributed by atoms with van der Waals surface area (Å²) >= 11 is 5.96. The Labute approximate surface area is 92.1 Å². The van der Waals surface area contributed by atoms with Gasteiger partial charge in [-0.3, -0.25) is 0 Å². The fourth-order valence-corrected chi connectivity index (χ4v) is 1.51. The van der Waals surface area contributed by atoms with Crippen molar-refractivity contribution in [2.24, 2.45) is 5.92 Å². The van der Waals surface area contributed by atoms with Gasteiger partial charge in [0.25, 0.3) is 7.63 Å². The number of allylic oxidation sites excluding steroid dienone is 1. The summed E-state index contributed by atoms with van der Waals surface area (Å²) < 4.78 is 5.41. The summed E-state index contributed by atoms with van der Waals surface area (Å²) in [6, 6.07) is 0. The first-order valence-corrected chi connectivity index (χ1v) is 8.63. The summed E-state index contributed by atoms with van der Waals surface area (Å²) in [6.07, 6.45) is 6.47. The second-order valence-electron chi connectivity index (χ2n) is 3.56. The van der Waals surface area contributed by atoms with Crippen LogP contribution in [0, 0.1) is 5.92 Å². The van der Waals surface area contributed by atoms with Gasteiger partial charge >= 0.3 is 0 Å². The van der Waals surface area contributed by atoms with Gasteiger partial charge in [0.2, 0.25) is 0 Å². The van der Waals surface area contributed by atoms with Gasteiger partial charge in [0.05, 0.1) is 6.61 Å². The van der Waals surface area contributed by atoms with E-state index in [-0.39, 0.29) is 12.5 Å². The minimum absolute atomic E-state index is 0.143. The van der Waals surface area contributed by atoms with Crippen molar-refractivity contribution in [3.05, 3.63) is 24.8 Å². The molecule has 4 heteroatoms. The molecule has 0 amide bonds. The van der Waals surface area contributed by atoms with Crippen molar-refractivity contribution in [2.75, 3.05) is 13.2 Å². The lowest BCUT2D eigenvalue weighted by Crippen LogP contribution is -2.22. The van der Waals surface area contributed by atoms with Gasteiger partial charge in [-0.15, -0.1) is 17.7 Å². The predicted molar refractivity (Wildman–Crippen MR) is 63.8 cm³/mol. The van der Waals surface area contributed by atoms with E-state index in [0.29, 0.717) is 6.61 Å². The monoisotopic (exact) mass is 234 g/mol. The highest BCUT2D eigenvalue weighted by Crippen LogP contribution is 2.09. The van der Waals surface area contributed by atoms with E-state index in [1.807, 2.05) is 25.2 Å². The molecule has 14 heavy (non-hydrogen) atoms. The predicted octanol–water partition coefficient (Wildman–Crippen LogP) is 2.68. The standard InChI is InChI=1S/C10H19ClO2Si/c1-4-10(9-12)7-5-6-8-13-14(2,3)11/h4-6,10,12H,1,7-9H2,2-3H3/b6-5+. The van der Waals surface area contributed by atoms with Crippen LogP contribution in [0.3, 0.4) is 0 Å². The van der Waals surface area contributed by atoms with Gasteiger partial charge in [0.15, 0.2) is 0 Å². The van der Waals surface area contributed by atoms with Crippen LogP contribution >= 0.6 is 11.1 Å². The summed E-state index contributed by atoms with van der Waals surface area (Å²) in [5, 5.41) is 8.86. The van der Waals surface area contributed by atoms with Crippen molar-refractivity contribution in [2.45, 2.75) is 19.5 Å². The van der Waals surface area contributed by atoms with Crippen LogP contribution in [0.25, 0.3) is 0 Å². The lowest BCUT2D eigenvalue weighted by Gasteiger charge is -2.12. The van der Waals surface area contributed by atoms with Crippen molar-refractivity contribution >= 4 is 18.7 Å². The zero-order valence-electron chi connectivity index (χ0n) is 8.87. The third-order valence-electron chi connectivity index (χ3n) is 1.70. The Kier molecular flexibility index (Phi) is 7.18. The van der Waals surface area contributed by atoms with Gasteiger partial charge in [-0.2, -0.15) is 0 Å². The molecule has 0 aromatic rings. The number of hydrogen-bond donors (Lipinski definition) is 1. The summed E-state index contributed by atoms with van der Waals surface area (Å²) in [6.45, 7) is 8.19. The van der Waals surface area contributed by atoms with Gasteiger partial charge in [-0.05, 0) is 19.5 Å². The first kappa shape index (κ1) is 13.9.